The van der Waals surface area contributed by atoms with E-state index in [1.807, 2.05) is 87.5 Å². The monoisotopic (exact) mass is 563 g/mol. The predicted molar refractivity (Wildman–Crippen MR) is 162 cm³/mol. The molecule has 0 radical (unpaired) electrons. The quantitative estimate of drug-likeness (QED) is 0.334. The topological polar surface area (TPSA) is 86.8 Å². The third-order valence-corrected chi connectivity index (χ3v) is 7.80. The largest absolute Gasteiger partial charge is 0.352 e. The van der Waals surface area contributed by atoms with E-state index in [4.69, 9.17) is 0 Å². The van der Waals surface area contributed by atoms with Crippen molar-refractivity contribution in [2.45, 2.75) is 65.6 Å². The molecule has 0 saturated heterocycles. The van der Waals surface area contributed by atoms with Gasteiger partial charge in [0.2, 0.25) is 21.8 Å². The van der Waals surface area contributed by atoms with Crippen LogP contribution in [0.5, 0.6) is 0 Å². The molecule has 2 amide bonds. The predicted octanol–water partition coefficient (Wildman–Crippen LogP) is 5.05. The van der Waals surface area contributed by atoms with Gasteiger partial charge in [-0.2, -0.15) is 0 Å². The van der Waals surface area contributed by atoms with E-state index < -0.39 is 28.5 Å². The average Bonchev–Trinajstić information content (AvgIpc) is 2.88. The highest BCUT2D eigenvalue weighted by Gasteiger charge is 2.33. The summed E-state index contributed by atoms with van der Waals surface area (Å²) in [4.78, 5) is 29.2. The summed E-state index contributed by atoms with van der Waals surface area (Å²) in [6.07, 6.45) is 1.38. The Morgan fingerprint density at radius 2 is 1.48 bits per heavy atom. The first-order valence-corrected chi connectivity index (χ1v) is 15.5. The number of carbonyl (C=O) groups is 2. The molecule has 0 saturated carbocycles. The van der Waals surface area contributed by atoms with Gasteiger partial charge in [0.1, 0.15) is 12.6 Å². The van der Waals surface area contributed by atoms with Crippen LogP contribution in [0, 0.1) is 6.92 Å². The zero-order chi connectivity index (χ0) is 29.4. The third-order valence-electron chi connectivity index (χ3n) is 6.66. The minimum Gasteiger partial charge on any atom is -0.352 e. The van der Waals surface area contributed by atoms with E-state index >= 15 is 0 Å². The Labute approximate surface area is 239 Å². The Morgan fingerprint density at radius 1 is 0.850 bits per heavy atom. The first-order chi connectivity index (χ1) is 18.8. The molecule has 0 aromatic heterocycles. The summed E-state index contributed by atoms with van der Waals surface area (Å²) < 4.78 is 27.0. The van der Waals surface area contributed by atoms with Crippen LogP contribution in [0.15, 0.2) is 78.9 Å². The molecule has 3 aromatic carbocycles. The lowest BCUT2D eigenvalue weighted by atomic mass is 10.0. The lowest BCUT2D eigenvalue weighted by Gasteiger charge is -2.34. The molecule has 0 aliphatic carbocycles. The fourth-order valence-corrected chi connectivity index (χ4v) is 5.43. The maximum absolute atomic E-state index is 14.1. The number of aryl methyl sites for hydroxylation is 1. The minimum atomic E-state index is -3.80. The van der Waals surface area contributed by atoms with Crippen molar-refractivity contribution in [3.05, 3.63) is 101 Å². The van der Waals surface area contributed by atoms with Crippen molar-refractivity contribution >= 4 is 27.5 Å². The first kappa shape index (κ1) is 30.9. The van der Waals surface area contributed by atoms with E-state index in [-0.39, 0.29) is 24.4 Å². The Balaban J connectivity index is 2.04. The van der Waals surface area contributed by atoms with Gasteiger partial charge in [-0.05, 0) is 55.5 Å². The fourth-order valence-electron chi connectivity index (χ4n) is 4.58. The van der Waals surface area contributed by atoms with Gasteiger partial charge in [-0.1, -0.05) is 86.1 Å². The molecule has 0 aliphatic rings. The molecule has 214 valence electrons. The normalized spacial score (nSPS) is 12.3. The molecule has 3 rings (SSSR count). The number of amides is 2. The number of nitrogens with one attached hydrogen (secondary N) is 1. The van der Waals surface area contributed by atoms with Crippen LogP contribution in [0.3, 0.4) is 0 Å². The second-order valence-corrected chi connectivity index (χ2v) is 12.8. The zero-order valence-electron chi connectivity index (χ0n) is 24.3. The highest BCUT2D eigenvalue weighted by atomic mass is 32.2. The first-order valence-electron chi connectivity index (χ1n) is 13.6. The van der Waals surface area contributed by atoms with Crippen LogP contribution < -0.4 is 9.62 Å². The van der Waals surface area contributed by atoms with Crippen molar-refractivity contribution < 1.29 is 18.0 Å². The number of hydrogen-bond acceptors (Lipinski definition) is 4. The summed E-state index contributed by atoms with van der Waals surface area (Å²) in [5, 5.41) is 2.96. The van der Waals surface area contributed by atoms with E-state index in [1.165, 1.54) is 4.90 Å². The molecule has 0 spiro atoms. The molecule has 0 bridgehead atoms. The van der Waals surface area contributed by atoms with Crippen LogP contribution in [0.4, 0.5) is 5.69 Å². The lowest BCUT2D eigenvalue weighted by molar-refractivity contribution is -0.140. The number of anilines is 1. The standard InChI is InChI=1S/C32H41N3O4S/c1-23(2)28-15-17-29(18-16-28)35(40(6,38)39)22-31(36)34(21-27-14-10-11-25(5)19-27)30(32(37)33-24(3)4)20-26-12-8-7-9-13-26/h7-19,23-24,30H,20-22H2,1-6H3,(H,33,37)/t30-/m0/s1. The number of hydrogen-bond donors (Lipinski definition) is 1. The Hall–Kier alpha value is -3.65. The van der Waals surface area contributed by atoms with Crippen LogP contribution in [0.25, 0.3) is 0 Å². The second kappa shape index (κ2) is 13.6. The summed E-state index contributed by atoms with van der Waals surface area (Å²) in [5.41, 5.74) is 4.26. The van der Waals surface area contributed by atoms with Gasteiger partial charge in [0.05, 0.1) is 11.9 Å². The number of sulfonamides is 1. The number of carbonyl (C=O) groups excluding carboxylic acids is 2. The smallest absolute Gasteiger partial charge is 0.244 e. The molecule has 1 atom stereocenters. The minimum absolute atomic E-state index is 0.131. The molecule has 0 heterocycles. The van der Waals surface area contributed by atoms with E-state index in [2.05, 4.69) is 19.2 Å². The van der Waals surface area contributed by atoms with Crippen LogP contribution in [-0.4, -0.2) is 50.0 Å². The van der Waals surface area contributed by atoms with Gasteiger partial charge in [-0.25, -0.2) is 8.42 Å². The highest BCUT2D eigenvalue weighted by Crippen LogP contribution is 2.23. The molecule has 0 aliphatic heterocycles. The zero-order valence-corrected chi connectivity index (χ0v) is 25.1. The SMILES string of the molecule is Cc1cccc(CN(C(=O)CN(c2ccc(C(C)C)cc2)S(C)(=O)=O)[C@@H](Cc2ccccc2)C(=O)NC(C)C)c1. The summed E-state index contributed by atoms with van der Waals surface area (Å²) in [6.45, 7) is 9.57. The van der Waals surface area contributed by atoms with Crippen molar-refractivity contribution in [2.75, 3.05) is 17.1 Å². The molecular formula is C32H41N3O4S. The van der Waals surface area contributed by atoms with Crippen LogP contribution >= 0.6 is 0 Å². The summed E-state index contributed by atoms with van der Waals surface area (Å²) in [6, 6.07) is 23.5. The molecule has 0 unspecified atom stereocenters. The van der Waals surface area contributed by atoms with Crippen LogP contribution in [0.1, 0.15) is 55.9 Å². The van der Waals surface area contributed by atoms with E-state index in [9.17, 15) is 18.0 Å². The average molecular weight is 564 g/mol. The number of benzene rings is 3. The molecule has 40 heavy (non-hydrogen) atoms. The van der Waals surface area contributed by atoms with Crippen molar-refractivity contribution in [3.8, 4) is 0 Å². The van der Waals surface area contributed by atoms with Crippen LogP contribution in [0.2, 0.25) is 0 Å². The van der Waals surface area contributed by atoms with Crippen molar-refractivity contribution in [1.29, 1.82) is 0 Å². The Bertz CT molecular complexity index is 1390. The van der Waals surface area contributed by atoms with Crippen molar-refractivity contribution in [1.82, 2.24) is 10.2 Å². The highest BCUT2D eigenvalue weighted by molar-refractivity contribution is 7.92. The molecule has 7 nitrogen and oxygen atoms in total. The Morgan fingerprint density at radius 3 is 2.02 bits per heavy atom. The maximum atomic E-state index is 14.1. The van der Waals surface area contributed by atoms with E-state index in [0.717, 1.165) is 32.8 Å². The molecule has 8 heteroatoms. The van der Waals surface area contributed by atoms with Gasteiger partial charge >= 0.3 is 0 Å². The van der Waals surface area contributed by atoms with Crippen molar-refractivity contribution in [2.24, 2.45) is 0 Å². The van der Waals surface area contributed by atoms with Gasteiger partial charge in [0.25, 0.3) is 0 Å². The summed E-state index contributed by atoms with van der Waals surface area (Å²) in [7, 11) is -3.80. The van der Waals surface area contributed by atoms with E-state index in [0.29, 0.717) is 12.1 Å². The van der Waals surface area contributed by atoms with Gasteiger partial charge in [-0.3, -0.25) is 13.9 Å². The molecule has 3 aromatic rings. The second-order valence-electron chi connectivity index (χ2n) is 10.9. The molecule has 0 fully saturated rings. The molecule has 1 N–H and O–H groups in total. The van der Waals surface area contributed by atoms with Gasteiger partial charge in [-0.15, -0.1) is 0 Å². The number of nitrogens with zero attached hydrogens (tertiary/aromatic N) is 2. The summed E-state index contributed by atoms with van der Waals surface area (Å²) >= 11 is 0. The maximum Gasteiger partial charge on any atom is 0.244 e. The van der Waals surface area contributed by atoms with Crippen LogP contribution in [-0.2, 0) is 32.6 Å². The Kier molecular flexibility index (Phi) is 10.5. The van der Waals surface area contributed by atoms with E-state index in [1.54, 1.807) is 12.1 Å². The fraction of sp³-hybridized carbons (Fsp3) is 0.375. The summed E-state index contributed by atoms with van der Waals surface area (Å²) in [5.74, 6) is -0.461. The molecular weight excluding hydrogens is 522 g/mol. The van der Waals surface area contributed by atoms with Gasteiger partial charge in [0, 0.05) is 19.0 Å². The lowest BCUT2D eigenvalue weighted by Crippen LogP contribution is -2.54. The van der Waals surface area contributed by atoms with Gasteiger partial charge < -0.3 is 10.2 Å². The van der Waals surface area contributed by atoms with Gasteiger partial charge in [0.15, 0.2) is 0 Å². The number of rotatable bonds is 12. The van der Waals surface area contributed by atoms with Crippen molar-refractivity contribution in [3.63, 3.8) is 0 Å². The third kappa shape index (κ3) is 8.68.